The maximum absolute atomic E-state index is 14.6. The first-order valence-electron chi connectivity index (χ1n) is 18.4. The standard InChI is InChI=1S/C40H43Cl2N5O5S2/c1-20(2)24-19-40-17-14-27-38(3,15-9-16-39(27,4)35(52)45-46-36(53)43-31(48)21-10-5-7-12-25(21)41)28(40)18-23(24)29-30(40)34(51)47(33(29)50)37(54)44-32(49)22-11-6-8-13-26(22)42/h5-8,10-13,19-20,23,27-30H,9,14-18H2,1-4H3,(H,45,52)(H,44,49,54)(H2,43,46,48,53)/t23?,27?,28?,29?,30?,38-,39+,40?/m0/s1. The van der Waals surface area contributed by atoms with Gasteiger partial charge in [-0.1, -0.05) is 93.2 Å². The van der Waals surface area contributed by atoms with E-state index in [1.165, 1.54) is 5.57 Å². The Hall–Kier alpha value is -3.71. The number of fused-ring (bicyclic) bond motifs is 1. The first-order valence-corrected chi connectivity index (χ1v) is 20.0. The van der Waals surface area contributed by atoms with E-state index < -0.39 is 34.5 Å². The quantitative estimate of drug-likeness (QED) is 0.115. The Morgan fingerprint density at radius 2 is 1.44 bits per heavy atom. The fourth-order valence-electron chi connectivity index (χ4n) is 11.1. The lowest BCUT2D eigenvalue weighted by Gasteiger charge is -2.68. The molecular formula is C40H43Cl2N5O5S2. The molecule has 54 heavy (non-hydrogen) atoms. The molecule has 1 aliphatic heterocycles. The number of hydrogen-bond acceptors (Lipinski definition) is 7. The van der Waals surface area contributed by atoms with Gasteiger partial charge in [-0.2, -0.15) is 0 Å². The van der Waals surface area contributed by atoms with Crippen LogP contribution in [0.25, 0.3) is 0 Å². The molecule has 1 spiro atoms. The molecule has 2 aromatic carbocycles. The molecule has 0 radical (unpaired) electrons. The van der Waals surface area contributed by atoms with Gasteiger partial charge in [-0.15, -0.1) is 0 Å². The molecule has 0 aromatic heterocycles. The van der Waals surface area contributed by atoms with Crippen LogP contribution in [0.4, 0.5) is 0 Å². The number of hydrazine groups is 1. The van der Waals surface area contributed by atoms with Gasteiger partial charge >= 0.3 is 0 Å². The molecule has 4 fully saturated rings. The van der Waals surface area contributed by atoms with Crippen molar-refractivity contribution in [2.24, 2.45) is 51.8 Å². The molecule has 5 aliphatic carbocycles. The van der Waals surface area contributed by atoms with E-state index in [9.17, 15) is 24.0 Å². The molecule has 5 amide bonds. The molecule has 14 heteroatoms. The van der Waals surface area contributed by atoms with Crippen molar-refractivity contribution >= 4 is 87.4 Å². The van der Waals surface area contributed by atoms with Gasteiger partial charge < -0.3 is 0 Å². The molecule has 8 atom stereocenters. The monoisotopic (exact) mass is 807 g/mol. The summed E-state index contributed by atoms with van der Waals surface area (Å²) in [4.78, 5) is 70.1. The summed E-state index contributed by atoms with van der Waals surface area (Å²) in [7, 11) is 0. The maximum Gasteiger partial charge on any atom is 0.258 e. The van der Waals surface area contributed by atoms with Crippen LogP contribution in [0.2, 0.25) is 10.0 Å². The summed E-state index contributed by atoms with van der Waals surface area (Å²) < 4.78 is 0. The smallest absolute Gasteiger partial charge is 0.258 e. The van der Waals surface area contributed by atoms with Gasteiger partial charge in [0, 0.05) is 5.41 Å². The van der Waals surface area contributed by atoms with Gasteiger partial charge in [0.05, 0.1) is 38.4 Å². The second-order valence-corrected chi connectivity index (χ2v) is 17.9. The van der Waals surface area contributed by atoms with Crippen molar-refractivity contribution in [1.29, 1.82) is 0 Å². The SMILES string of the molecule is CC(C)C1=CC23CCC4[C@](C)(CCC[C@@]4(C)C(=O)NNC(=S)NC(=O)c4ccccc4Cl)C2CC1C1C(=O)N(C(=S)NC(=O)c2ccccc2Cl)C(=O)C13. The fraction of sp³-hybridized carbons (Fsp3) is 0.475. The summed E-state index contributed by atoms with van der Waals surface area (Å²) in [6, 6.07) is 13.1. The normalized spacial score (nSPS) is 32.2. The lowest BCUT2D eigenvalue weighted by molar-refractivity contribution is -0.187. The maximum atomic E-state index is 14.6. The van der Waals surface area contributed by atoms with Crippen molar-refractivity contribution in [3.63, 3.8) is 0 Å². The number of allylic oxidation sites excluding steroid dienone is 2. The first-order chi connectivity index (χ1) is 25.5. The van der Waals surface area contributed by atoms with Crippen molar-refractivity contribution in [1.82, 2.24) is 26.4 Å². The van der Waals surface area contributed by atoms with E-state index in [-0.39, 0.29) is 78.2 Å². The zero-order chi connectivity index (χ0) is 38.9. The van der Waals surface area contributed by atoms with Gasteiger partial charge in [-0.25, -0.2) is 4.90 Å². The second kappa shape index (κ2) is 14.1. The highest BCUT2D eigenvalue weighted by Gasteiger charge is 2.73. The van der Waals surface area contributed by atoms with Crippen LogP contribution in [0.1, 0.15) is 86.9 Å². The average Bonchev–Trinajstić information content (AvgIpc) is 3.41. The van der Waals surface area contributed by atoms with E-state index in [0.29, 0.717) is 19.3 Å². The fourth-order valence-corrected chi connectivity index (χ4v) is 12.0. The van der Waals surface area contributed by atoms with Gasteiger partial charge in [-0.3, -0.25) is 45.5 Å². The molecule has 3 saturated carbocycles. The van der Waals surface area contributed by atoms with E-state index >= 15 is 0 Å². The summed E-state index contributed by atoms with van der Waals surface area (Å²) in [6.07, 6.45) is 6.66. The average molecular weight is 809 g/mol. The number of thiocarbonyl (C=S) groups is 2. The van der Waals surface area contributed by atoms with E-state index in [2.05, 4.69) is 48.3 Å². The zero-order valence-corrected chi connectivity index (χ0v) is 33.6. The third kappa shape index (κ3) is 5.99. The number of amides is 5. The first kappa shape index (κ1) is 38.6. The number of benzene rings is 2. The molecule has 2 aromatic rings. The van der Waals surface area contributed by atoms with Crippen molar-refractivity contribution in [3.05, 3.63) is 81.4 Å². The number of imide groups is 1. The van der Waals surface area contributed by atoms with Crippen LogP contribution < -0.4 is 21.5 Å². The van der Waals surface area contributed by atoms with Crippen LogP contribution in [0, 0.1) is 51.8 Å². The molecule has 6 unspecified atom stereocenters. The van der Waals surface area contributed by atoms with Crippen LogP contribution in [0.15, 0.2) is 60.2 Å². The molecule has 8 rings (SSSR count). The Morgan fingerprint density at radius 3 is 2.06 bits per heavy atom. The van der Waals surface area contributed by atoms with Crippen LogP contribution in [0.3, 0.4) is 0 Å². The number of halogens is 2. The largest absolute Gasteiger partial charge is 0.298 e. The van der Waals surface area contributed by atoms with Gasteiger partial charge in [0.25, 0.3) is 11.8 Å². The van der Waals surface area contributed by atoms with Crippen LogP contribution in [0.5, 0.6) is 0 Å². The Balaban J connectivity index is 1.13. The minimum absolute atomic E-state index is 0.0249. The van der Waals surface area contributed by atoms with E-state index in [1.54, 1.807) is 48.5 Å². The number of hydrogen-bond donors (Lipinski definition) is 4. The lowest BCUT2D eigenvalue weighted by atomic mass is 9.34. The number of likely N-dealkylation sites (tertiary alicyclic amines) is 1. The van der Waals surface area contributed by atoms with E-state index in [0.717, 1.165) is 24.2 Å². The summed E-state index contributed by atoms with van der Waals surface area (Å²) in [5.74, 6) is -3.29. The third-order valence-corrected chi connectivity index (χ3v) is 14.5. The zero-order valence-electron chi connectivity index (χ0n) is 30.5. The molecule has 2 bridgehead atoms. The van der Waals surface area contributed by atoms with Gasteiger partial charge in [0.2, 0.25) is 17.7 Å². The van der Waals surface area contributed by atoms with Crippen molar-refractivity contribution in [2.75, 3.05) is 0 Å². The molecule has 1 saturated heterocycles. The highest BCUT2D eigenvalue weighted by atomic mass is 35.5. The highest BCUT2D eigenvalue weighted by Crippen LogP contribution is 2.74. The van der Waals surface area contributed by atoms with Crippen LogP contribution in [-0.4, -0.2) is 44.7 Å². The summed E-state index contributed by atoms with van der Waals surface area (Å²) in [5, 5.41) is 5.39. The third-order valence-electron chi connectivity index (χ3n) is 13.4. The lowest BCUT2D eigenvalue weighted by Crippen LogP contribution is -2.66. The number of carbonyl (C=O) groups is 5. The molecular weight excluding hydrogens is 766 g/mol. The predicted molar refractivity (Wildman–Crippen MR) is 213 cm³/mol. The van der Waals surface area contributed by atoms with Crippen molar-refractivity contribution < 1.29 is 24.0 Å². The van der Waals surface area contributed by atoms with Gasteiger partial charge in [-0.05, 0) is 110 Å². The Kier molecular flexibility index (Phi) is 10.1. The van der Waals surface area contributed by atoms with Crippen molar-refractivity contribution in [3.8, 4) is 0 Å². The van der Waals surface area contributed by atoms with Gasteiger partial charge in [0.1, 0.15) is 0 Å². The number of rotatable bonds is 4. The van der Waals surface area contributed by atoms with E-state index in [4.69, 9.17) is 47.6 Å². The van der Waals surface area contributed by atoms with Crippen LogP contribution >= 0.6 is 47.6 Å². The minimum Gasteiger partial charge on any atom is -0.298 e. The summed E-state index contributed by atoms with van der Waals surface area (Å²) >= 11 is 23.4. The van der Waals surface area contributed by atoms with Crippen LogP contribution in [-0.2, 0) is 14.4 Å². The van der Waals surface area contributed by atoms with Gasteiger partial charge in [0.15, 0.2) is 10.2 Å². The number of carbonyl (C=O) groups excluding carboxylic acids is 5. The van der Waals surface area contributed by atoms with Crippen molar-refractivity contribution in [2.45, 2.75) is 66.2 Å². The Bertz CT molecular complexity index is 2040. The molecule has 6 aliphatic rings. The Morgan fingerprint density at radius 1 is 0.833 bits per heavy atom. The molecule has 4 N–H and O–H groups in total. The highest BCUT2D eigenvalue weighted by molar-refractivity contribution is 7.80. The summed E-state index contributed by atoms with van der Waals surface area (Å²) in [6.45, 7) is 8.53. The minimum atomic E-state index is -0.781. The molecule has 10 nitrogen and oxygen atoms in total. The molecule has 284 valence electrons. The Labute approximate surface area is 335 Å². The van der Waals surface area contributed by atoms with E-state index in [1.807, 2.05) is 6.92 Å². The number of nitrogens with one attached hydrogen (secondary N) is 4. The molecule has 1 heterocycles. The number of nitrogens with zero attached hydrogens (tertiary/aromatic N) is 1. The second-order valence-electron chi connectivity index (χ2n) is 16.3. The summed E-state index contributed by atoms with van der Waals surface area (Å²) in [5.41, 5.74) is 5.42. The predicted octanol–water partition coefficient (Wildman–Crippen LogP) is 6.77. The topological polar surface area (TPSA) is 137 Å².